The third kappa shape index (κ3) is 4.16. The minimum absolute atomic E-state index is 0.0777. The topological polar surface area (TPSA) is 95.6 Å². The monoisotopic (exact) mass is 383 g/mol. The average Bonchev–Trinajstić information content (AvgIpc) is 2.55. The molecule has 2 aliphatic heterocycles. The second kappa shape index (κ2) is 6.97. The molecule has 2 heterocycles. The largest absolute Gasteiger partial charge is 0.348 e. The van der Waals surface area contributed by atoms with E-state index in [1.807, 2.05) is 13.0 Å². The molecule has 1 aromatic carbocycles. The summed E-state index contributed by atoms with van der Waals surface area (Å²) < 4.78 is 24.7. The quantitative estimate of drug-likeness (QED) is 0.820. The van der Waals surface area contributed by atoms with Crippen LogP contribution < -0.4 is 10.6 Å². The first kappa shape index (κ1) is 18.2. The summed E-state index contributed by atoms with van der Waals surface area (Å²) in [5, 5.41) is 5.55. The molecule has 0 bridgehead atoms. The number of carbonyl (C=O) groups excluding carboxylic acids is 2. The molecule has 0 saturated carbocycles. The van der Waals surface area contributed by atoms with Gasteiger partial charge in [0.15, 0.2) is 0 Å². The van der Waals surface area contributed by atoms with Crippen molar-refractivity contribution in [2.45, 2.75) is 36.0 Å². The van der Waals surface area contributed by atoms with Crippen LogP contribution in [-0.4, -0.2) is 55.2 Å². The van der Waals surface area contributed by atoms with E-state index in [9.17, 15) is 18.0 Å². The van der Waals surface area contributed by atoms with Gasteiger partial charge in [0, 0.05) is 29.6 Å². The molecule has 1 saturated heterocycles. The number of amides is 2. The summed E-state index contributed by atoms with van der Waals surface area (Å²) in [6, 6.07) is 5.01. The Bertz CT molecular complexity index is 810. The maximum absolute atomic E-state index is 12.5. The van der Waals surface area contributed by atoms with Crippen molar-refractivity contribution in [2.24, 2.45) is 0 Å². The van der Waals surface area contributed by atoms with E-state index >= 15 is 0 Å². The zero-order chi connectivity index (χ0) is 18.2. The third-order valence-electron chi connectivity index (χ3n) is 4.36. The first-order valence-electron chi connectivity index (χ1n) is 8.11. The number of hydrogen-bond donors (Lipinski definition) is 2. The predicted octanol–water partition coefficient (Wildman–Crippen LogP) is 1.27. The molecule has 2 N–H and O–H groups in total. The number of rotatable bonds is 3. The predicted molar refractivity (Wildman–Crippen MR) is 97.3 cm³/mol. The molecule has 0 aliphatic carbocycles. The summed E-state index contributed by atoms with van der Waals surface area (Å²) in [6.07, 6.45) is 2.64. The Kier molecular flexibility index (Phi) is 5.08. The highest BCUT2D eigenvalue weighted by molar-refractivity contribution is 8.01. The molecular formula is C16H21N3O4S2. The molecule has 136 valence electrons. The average molecular weight is 383 g/mol. The van der Waals surface area contributed by atoms with Crippen LogP contribution >= 0.6 is 11.8 Å². The van der Waals surface area contributed by atoms with Crippen molar-refractivity contribution in [3.63, 3.8) is 0 Å². The molecular weight excluding hydrogens is 362 g/mol. The maximum atomic E-state index is 12.5. The fraction of sp³-hybridized carbons (Fsp3) is 0.500. The second-order valence-corrected chi connectivity index (χ2v) is 9.76. The lowest BCUT2D eigenvalue weighted by molar-refractivity contribution is -0.115. The van der Waals surface area contributed by atoms with Crippen LogP contribution in [0.3, 0.4) is 0 Å². The molecule has 0 spiro atoms. The maximum Gasteiger partial charge on any atom is 0.251 e. The smallest absolute Gasteiger partial charge is 0.251 e. The Morgan fingerprint density at radius 1 is 1.40 bits per heavy atom. The van der Waals surface area contributed by atoms with Crippen LogP contribution in [0.15, 0.2) is 23.1 Å². The van der Waals surface area contributed by atoms with E-state index in [-0.39, 0.29) is 23.1 Å². The number of anilines is 1. The lowest BCUT2D eigenvalue weighted by Crippen LogP contribution is -2.49. The van der Waals surface area contributed by atoms with Crippen molar-refractivity contribution in [2.75, 3.05) is 24.7 Å². The highest BCUT2D eigenvalue weighted by Crippen LogP contribution is 2.35. The Balaban J connectivity index is 1.70. The van der Waals surface area contributed by atoms with E-state index < -0.39 is 10.0 Å². The van der Waals surface area contributed by atoms with E-state index in [1.54, 1.807) is 12.1 Å². The van der Waals surface area contributed by atoms with Gasteiger partial charge in [-0.3, -0.25) is 9.59 Å². The molecule has 2 unspecified atom stereocenters. The van der Waals surface area contributed by atoms with Crippen molar-refractivity contribution in [1.82, 2.24) is 9.62 Å². The van der Waals surface area contributed by atoms with Crippen LogP contribution in [-0.2, 0) is 14.8 Å². The Morgan fingerprint density at radius 3 is 2.88 bits per heavy atom. The van der Waals surface area contributed by atoms with E-state index in [4.69, 9.17) is 0 Å². The standard InChI is InChI=1S/C16H21N3O4S2/c1-10-15(20)18-13-8-11(5-6-14(13)24-10)16(21)17-12-4-3-7-19(9-12)25(2,22)23/h5-6,8,10,12H,3-4,7,9H2,1-2H3,(H,17,21)(H,18,20). The lowest BCUT2D eigenvalue weighted by Gasteiger charge is -2.31. The number of hydrogen-bond acceptors (Lipinski definition) is 5. The fourth-order valence-corrected chi connectivity index (χ4v) is 4.82. The zero-order valence-electron chi connectivity index (χ0n) is 14.1. The Morgan fingerprint density at radius 2 is 2.16 bits per heavy atom. The van der Waals surface area contributed by atoms with Gasteiger partial charge in [0.1, 0.15) is 0 Å². The van der Waals surface area contributed by atoms with Crippen molar-refractivity contribution in [1.29, 1.82) is 0 Å². The summed E-state index contributed by atoms with van der Waals surface area (Å²) in [5.41, 5.74) is 1.09. The summed E-state index contributed by atoms with van der Waals surface area (Å²) in [4.78, 5) is 25.2. The molecule has 9 heteroatoms. The summed E-state index contributed by atoms with van der Waals surface area (Å²) >= 11 is 1.46. The third-order valence-corrected chi connectivity index (χ3v) is 6.81. The second-order valence-electron chi connectivity index (χ2n) is 6.39. The Labute approximate surface area is 151 Å². The molecule has 0 aromatic heterocycles. The van der Waals surface area contributed by atoms with Crippen molar-refractivity contribution in [3.05, 3.63) is 23.8 Å². The van der Waals surface area contributed by atoms with Crippen molar-refractivity contribution >= 4 is 39.3 Å². The van der Waals surface area contributed by atoms with Gasteiger partial charge in [-0.15, -0.1) is 11.8 Å². The molecule has 1 fully saturated rings. The van der Waals surface area contributed by atoms with E-state index in [0.29, 0.717) is 30.8 Å². The van der Waals surface area contributed by atoms with Gasteiger partial charge in [-0.25, -0.2) is 12.7 Å². The molecule has 3 rings (SSSR count). The van der Waals surface area contributed by atoms with Crippen LogP contribution in [0.2, 0.25) is 0 Å². The van der Waals surface area contributed by atoms with Gasteiger partial charge in [0.2, 0.25) is 15.9 Å². The highest BCUT2D eigenvalue weighted by Gasteiger charge is 2.28. The molecule has 1 aromatic rings. The van der Waals surface area contributed by atoms with E-state index in [2.05, 4.69) is 10.6 Å². The summed E-state index contributed by atoms with van der Waals surface area (Å²) in [7, 11) is -3.25. The van der Waals surface area contributed by atoms with Crippen LogP contribution in [0.5, 0.6) is 0 Å². The van der Waals surface area contributed by atoms with E-state index in [0.717, 1.165) is 11.3 Å². The van der Waals surface area contributed by atoms with Crippen LogP contribution in [0.4, 0.5) is 5.69 Å². The van der Waals surface area contributed by atoms with Gasteiger partial charge in [-0.1, -0.05) is 0 Å². The van der Waals surface area contributed by atoms with Crippen molar-refractivity contribution in [3.8, 4) is 0 Å². The Hall–Kier alpha value is -1.58. The van der Waals surface area contributed by atoms with Crippen LogP contribution in [0.25, 0.3) is 0 Å². The van der Waals surface area contributed by atoms with Crippen LogP contribution in [0.1, 0.15) is 30.1 Å². The van der Waals surface area contributed by atoms with Gasteiger partial charge in [0.25, 0.3) is 5.91 Å². The first-order valence-corrected chi connectivity index (χ1v) is 10.8. The lowest BCUT2D eigenvalue weighted by atomic mass is 10.1. The van der Waals surface area contributed by atoms with Crippen molar-refractivity contribution < 1.29 is 18.0 Å². The molecule has 7 nitrogen and oxygen atoms in total. The van der Waals surface area contributed by atoms with Gasteiger partial charge in [0.05, 0.1) is 17.2 Å². The minimum atomic E-state index is -3.25. The SMILES string of the molecule is CC1Sc2ccc(C(=O)NC3CCCN(S(C)(=O)=O)C3)cc2NC1=O. The van der Waals surface area contributed by atoms with Gasteiger partial charge in [-0.2, -0.15) is 0 Å². The number of nitrogens with one attached hydrogen (secondary N) is 2. The number of piperidine rings is 1. The molecule has 25 heavy (non-hydrogen) atoms. The molecule has 2 aliphatic rings. The number of sulfonamides is 1. The van der Waals surface area contributed by atoms with Crippen LogP contribution in [0, 0.1) is 0 Å². The molecule has 2 atom stereocenters. The zero-order valence-corrected chi connectivity index (χ0v) is 15.7. The van der Waals surface area contributed by atoms with Gasteiger partial charge in [-0.05, 0) is 38.0 Å². The molecule has 2 amide bonds. The fourth-order valence-electron chi connectivity index (χ4n) is 2.98. The van der Waals surface area contributed by atoms with Gasteiger partial charge < -0.3 is 10.6 Å². The van der Waals surface area contributed by atoms with E-state index in [1.165, 1.54) is 22.3 Å². The number of fused-ring (bicyclic) bond motifs is 1. The first-order chi connectivity index (χ1) is 11.7. The number of benzene rings is 1. The number of nitrogens with zero attached hydrogens (tertiary/aromatic N) is 1. The number of carbonyl (C=O) groups is 2. The van der Waals surface area contributed by atoms with Gasteiger partial charge >= 0.3 is 0 Å². The summed E-state index contributed by atoms with van der Waals surface area (Å²) in [6.45, 7) is 2.62. The number of thioether (sulfide) groups is 1. The summed E-state index contributed by atoms with van der Waals surface area (Å²) in [5.74, 6) is -0.341. The normalized spacial score (nSPS) is 24.3. The molecule has 0 radical (unpaired) electrons. The highest BCUT2D eigenvalue weighted by atomic mass is 32.2. The minimum Gasteiger partial charge on any atom is -0.348 e.